The van der Waals surface area contributed by atoms with Crippen LogP contribution in [0, 0.1) is 0 Å². The lowest BCUT2D eigenvalue weighted by Gasteiger charge is -2.20. The maximum absolute atomic E-state index is 11.0. The molecule has 27 heavy (non-hydrogen) atoms. The van der Waals surface area contributed by atoms with Crippen molar-refractivity contribution in [1.29, 1.82) is 0 Å². The highest BCUT2D eigenvalue weighted by molar-refractivity contribution is 5.87. The van der Waals surface area contributed by atoms with Gasteiger partial charge in [0.15, 0.2) is 5.58 Å². The zero-order valence-electron chi connectivity index (χ0n) is 15.3. The summed E-state index contributed by atoms with van der Waals surface area (Å²) in [5.74, 6) is -0.563. The van der Waals surface area contributed by atoms with Gasteiger partial charge in [-0.3, -0.25) is 4.98 Å². The summed E-state index contributed by atoms with van der Waals surface area (Å²) < 4.78 is 11.5. The van der Waals surface area contributed by atoms with Gasteiger partial charge in [-0.05, 0) is 31.0 Å². The molecule has 0 fully saturated rings. The summed E-state index contributed by atoms with van der Waals surface area (Å²) in [5, 5.41) is 9.00. The molecular formula is C20H23N3O4. The first kappa shape index (κ1) is 18.7. The van der Waals surface area contributed by atoms with Crippen LogP contribution in [-0.4, -0.2) is 40.7 Å². The molecule has 7 heteroatoms. The van der Waals surface area contributed by atoms with Crippen molar-refractivity contribution in [2.75, 3.05) is 24.6 Å². The normalized spacial score (nSPS) is 10.9. The molecule has 0 bridgehead atoms. The van der Waals surface area contributed by atoms with Crippen LogP contribution in [0.1, 0.15) is 36.5 Å². The van der Waals surface area contributed by atoms with Gasteiger partial charge in [0.2, 0.25) is 0 Å². The average molecular weight is 369 g/mol. The monoisotopic (exact) mass is 369 g/mol. The summed E-state index contributed by atoms with van der Waals surface area (Å²) in [4.78, 5) is 21.6. The van der Waals surface area contributed by atoms with Crippen molar-refractivity contribution < 1.29 is 19.1 Å². The zero-order chi connectivity index (χ0) is 19.1. The molecule has 0 aliphatic rings. The Morgan fingerprint density at radius 3 is 2.81 bits per heavy atom. The Morgan fingerprint density at radius 2 is 2.04 bits per heavy atom. The van der Waals surface area contributed by atoms with Gasteiger partial charge >= 0.3 is 5.97 Å². The molecule has 1 aromatic carbocycles. The van der Waals surface area contributed by atoms with Crippen molar-refractivity contribution in [3.05, 3.63) is 48.3 Å². The van der Waals surface area contributed by atoms with E-state index < -0.39 is 5.97 Å². The van der Waals surface area contributed by atoms with E-state index in [-0.39, 0.29) is 5.56 Å². The smallest absolute Gasteiger partial charge is 0.337 e. The third-order valence-electron chi connectivity index (χ3n) is 4.14. The highest BCUT2D eigenvalue weighted by atomic mass is 16.5. The van der Waals surface area contributed by atoms with Crippen molar-refractivity contribution in [2.45, 2.75) is 26.2 Å². The van der Waals surface area contributed by atoms with E-state index in [0.717, 1.165) is 43.5 Å². The Bertz CT molecular complexity index is 861. The highest BCUT2D eigenvalue weighted by Crippen LogP contribution is 2.22. The summed E-state index contributed by atoms with van der Waals surface area (Å²) in [5.41, 5.74) is 1.74. The Hall–Kier alpha value is -3.09. The molecule has 0 unspecified atom stereocenters. The first-order valence-corrected chi connectivity index (χ1v) is 9.09. The minimum Gasteiger partial charge on any atom is -0.492 e. The fourth-order valence-electron chi connectivity index (χ4n) is 2.71. The van der Waals surface area contributed by atoms with E-state index in [1.165, 1.54) is 18.5 Å². The predicted octanol–water partition coefficient (Wildman–Crippen LogP) is 4.00. The number of oxazole rings is 1. The second-order valence-corrected chi connectivity index (χ2v) is 6.22. The lowest BCUT2D eigenvalue weighted by atomic mass is 10.3. The fraction of sp³-hybridized carbons (Fsp3) is 0.350. The lowest BCUT2D eigenvalue weighted by Crippen LogP contribution is -2.27. The SMILES string of the molecule is CCCCN(CCCOc1cncc(C(=O)O)c1)c1nc2ccccc2o1. The number of carbonyl (C=O) groups is 1. The van der Waals surface area contributed by atoms with Crippen LogP contribution in [0.2, 0.25) is 0 Å². The summed E-state index contributed by atoms with van der Waals surface area (Å²) in [6.07, 6.45) is 5.70. The molecule has 3 aromatic rings. The number of carboxylic acids is 1. The van der Waals surface area contributed by atoms with Crippen LogP contribution in [0.25, 0.3) is 11.1 Å². The molecule has 0 spiro atoms. The minimum absolute atomic E-state index is 0.114. The van der Waals surface area contributed by atoms with Gasteiger partial charge in [-0.15, -0.1) is 0 Å². The van der Waals surface area contributed by atoms with Gasteiger partial charge in [-0.2, -0.15) is 4.98 Å². The molecule has 0 saturated carbocycles. The largest absolute Gasteiger partial charge is 0.492 e. The number of pyridine rings is 1. The predicted molar refractivity (Wildman–Crippen MR) is 102 cm³/mol. The Morgan fingerprint density at radius 1 is 1.22 bits per heavy atom. The van der Waals surface area contributed by atoms with E-state index in [0.29, 0.717) is 18.4 Å². The van der Waals surface area contributed by atoms with Crippen molar-refractivity contribution in [3.8, 4) is 5.75 Å². The van der Waals surface area contributed by atoms with Gasteiger partial charge in [0.1, 0.15) is 11.3 Å². The number of rotatable bonds is 10. The molecule has 0 aliphatic heterocycles. The first-order chi connectivity index (χ1) is 13.2. The number of para-hydroxylation sites is 2. The number of hydrogen-bond acceptors (Lipinski definition) is 6. The molecule has 7 nitrogen and oxygen atoms in total. The second kappa shape index (κ2) is 9.02. The van der Waals surface area contributed by atoms with Gasteiger partial charge in [0, 0.05) is 19.3 Å². The van der Waals surface area contributed by atoms with E-state index in [9.17, 15) is 4.79 Å². The van der Waals surface area contributed by atoms with Crippen LogP contribution < -0.4 is 9.64 Å². The molecule has 1 N–H and O–H groups in total. The average Bonchev–Trinajstić information content (AvgIpc) is 3.11. The van der Waals surface area contributed by atoms with Crippen molar-refractivity contribution in [2.24, 2.45) is 0 Å². The number of fused-ring (bicyclic) bond motifs is 1. The van der Waals surface area contributed by atoms with E-state index in [2.05, 4.69) is 21.8 Å². The van der Waals surface area contributed by atoms with Gasteiger partial charge in [-0.25, -0.2) is 4.79 Å². The number of aromatic carboxylic acids is 1. The summed E-state index contributed by atoms with van der Waals surface area (Å²) in [7, 11) is 0. The third-order valence-corrected chi connectivity index (χ3v) is 4.14. The minimum atomic E-state index is -1.02. The number of nitrogens with zero attached hydrogens (tertiary/aromatic N) is 3. The van der Waals surface area contributed by atoms with Crippen molar-refractivity contribution in [1.82, 2.24) is 9.97 Å². The Balaban J connectivity index is 1.58. The summed E-state index contributed by atoms with van der Waals surface area (Å²) in [6.45, 7) is 4.20. The van der Waals surface area contributed by atoms with E-state index in [1.807, 2.05) is 24.3 Å². The van der Waals surface area contributed by atoms with Crippen LogP contribution in [0.15, 0.2) is 47.1 Å². The maximum Gasteiger partial charge on any atom is 0.337 e. The van der Waals surface area contributed by atoms with Gasteiger partial charge < -0.3 is 19.2 Å². The molecule has 0 atom stereocenters. The number of anilines is 1. The fourth-order valence-corrected chi connectivity index (χ4v) is 2.71. The molecule has 3 rings (SSSR count). The molecule has 0 amide bonds. The molecular weight excluding hydrogens is 346 g/mol. The quantitative estimate of drug-likeness (QED) is 0.540. The molecule has 0 radical (unpaired) electrons. The van der Waals surface area contributed by atoms with E-state index in [4.69, 9.17) is 14.3 Å². The lowest BCUT2D eigenvalue weighted by molar-refractivity contribution is 0.0696. The van der Waals surface area contributed by atoms with Crippen LogP contribution in [0.3, 0.4) is 0 Å². The number of aromatic nitrogens is 2. The van der Waals surface area contributed by atoms with Crippen LogP contribution >= 0.6 is 0 Å². The second-order valence-electron chi connectivity index (χ2n) is 6.22. The number of carboxylic acid groups (broad SMARTS) is 1. The van der Waals surface area contributed by atoms with Crippen molar-refractivity contribution in [3.63, 3.8) is 0 Å². The van der Waals surface area contributed by atoms with Crippen LogP contribution in [-0.2, 0) is 0 Å². The Labute approximate surface area is 157 Å². The standard InChI is InChI=1S/C20H23N3O4/c1-2-3-9-23(20-22-17-7-4-5-8-18(17)27-20)10-6-11-26-16-12-15(19(24)25)13-21-14-16/h4-5,7-8,12-14H,2-3,6,9-11H2,1H3,(H,24,25). The number of ether oxygens (including phenoxy) is 1. The number of benzene rings is 1. The third kappa shape index (κ3) is 4.97. The maximum atomic E-state index is 11.0. The van der Waals surface area contributed by atoms with Gasteiger partial charge in [-0.1, -0.05) is 25.5 Å². The summed E-state index contributed by atoms with van der Waals surface area (Å²) >= 11 is 0. The summed E-state index contributed by atoms with van der Waals surface area (Å²) in [6, 6.07) is 9.82. The molecule has 0 aliphatic carbocycles. The Kier molecular flexibility index (Phi) is 6.25. The van der Waals surface area contributed by atoms with E-state index >= 15 is 0 Å². The topological polar surface area (TPSA) is 88.7 Å². The molecule has 142 valence electrons. The number of unbranched alkanes of at least 4 members (excludes halogenated alkanes) is 1. The molecule has 2 aromatic heterocycles. The highest BCUT2D eigenvalue weighted by Gasteiger charge is 2.13. The zero-order valence-corrected chi connectivity index (χ0v) is 15.3. The van der Waals surface area contributed by atoms with Crippen LogP contribution in [0.4, 0.5) is 6.01 Å². The van der Waals surface area contributed by atoms with Gasteiger partial charge in [0.25, 0.3) is 6.01 Å². The first-order valence-electron chi connectivity index (χ1n) is 9.09. The van der Waals surface area contributed by atoms with Crippen LogP contribution in [0.5, 0.6) is 5.75 Å². The van der Waals surface area contributed by atoms with Crippen molar-refractivity contribution >= 4 is 23.1 Å². The van der Waals surface area contributed by atoms with Gasteiger partial charge in [0.05, 0.1) is 18.4 Å². The molecule has 0 saturated heterocycles. The molecule has 2 heterocycles. The van der Waals surface area contributed by atoms with E-state index in [1.54, 1.807) is 0 Å². The number of hydrogen-bond donors (Lipinski definition) is 1.